The lowest BCUT2D eigenvalue weighted by Gasteiger charge is -2.34. The van der Waals surface area contributed by atoms with Gasteiger partial charge in [0.15, 0.2) is 6.10 Å². The van der Waals surface area contributed by atoms with Crippen LogP contribution < -0.4 is 5.11 Å². The summed E-state index contributed by atoms with van der Waals surface area (Å²) in [5, 5.41) is 11.6. The Labute approximate surface area is 352 Å². The summed E-state index contributed by atoms with van der Waals surface area (Å²) in [7, 11) is 5.42. The molecule has 0 aromatic carbocycles. The summed E-state index contributed by atoms with van der Waals surface area (Å²) in [6.45, 7) is 4.69. The maximum absolute atomic E-state index is 12.7. The Balaban J connectivity index is 4.22. The summed E-state index contributed by atoms with van der Waals surface area (Å²) in [6.07, 6.45) is 43.8. The number of likely N-dealkylation sites (N-methyl/N-ethyl adjacent to an activating group) is 1. The lowest BCUT2D eigenvalue weighted by atomic mass is 10.0. The van der Waals surface area contributed by atoms with Crippen LogP contribution >= 0.6 is 0 Å². The van der Waals surface area contributed by atoms with E-state index in [0.29, 0.717) is 12.8 Å². The molecule has 0 aliphatic heterocycles. The summed E-state index contributed by atoms with van der Waals surface area (Å²) >= 11 is 0. The van der Waals surface area contributed by atoms with Crippen molar-refractivity contribution < 1.29 is 38.2 Å². The van der Waals surface area contributed by atoms with Gasteiger partial charge in [-0.05, 0) is 38.5 Å². The molecular formula is C49H93NO7. The van der Waals surface area contributed by atoms with Crippen LogP contribution in [0.5, 0.6) is 0 Å². The maximum Gasteiger partial charge on any atom is 0.306 e. The van der Waals surface area contributed by atoms with Crippen molar-refractivity contribution >= 4 is 17.9 Å². The predicted molar refractivity (Wildman–Crippen MR) is 236 cm³/mol. The highest BCUT2D eigenvalue weighted by atomic mass is 16.6. The number of hydrogen-bond acceptors (Lipinski definition) is 7. The van der Waals surface area contributed by atoms with Crippen LogP contribution in [0, 0.1) is 0 Å². The molecule has 57 heavy (non-hydrogen) atoms. The molecular weight excluding hydrogens is 715 g/mol. The summed E-state index contributed by atoms with van der Waals surface area (Å²) in [4.78, 5) is 36.9. The molecule has 0 N–H and O–H groups in total. The van der Waals surface area contributed by atoms with E-state index in [2.05, 4.69) is 26.0 Å². The molecule has 0 aromatic heterocycles. The predicted octanol–water partition coefficient (Wildman–Crippen LogP) is 12.1. The van der Waals surface area contributed by atoms with Gasteiger partial charge in [-0.15, -0.1) is 0 Å². The Morgan fingerprint density at radius 2 is 0.877 bits per heavy atom. The molecule has 8 heteroatoms. The number of rotatable bonds is 44. The van der Waals surface area contributed by atoms with Crippen molar-refractivity contribution in [2.24, 2.45) is 0 Å². The first-order valence-corrected chi connectivity index (χ1v) is 24.2. The van der Waals surface area contributed by atoms with E-state index < -0.39 is 18.1 Å². The molecule has 0 rings (SSSR count). The monoisotopic (exact) mass is 808 g/mol. The molecule has 0 heterocycles. The zero-order chi connectivity index (χ0) is 42.1. The fraction of sp³-hybridized carbons (Fsp3) is 0.898. The van der Waals surface area contributed by atoms with Crippen LogP contribution in [-0.2, 0) is 28.6 Å². The lowest BCUT2D eigenvalue weighted by Crippen LogP contribution is -2.55. The molecule has 0 amide bonds. The van der Waals surface area contributed by atoms with Crippen LogP contribution in [0.2, 0.25) is 0 Å². The highest BCUT2D eigenvalue weighted by molar-refractivity contribution is 5.70. The quantitative estimate of drug-likeness (QED) is 0.0261. The molecule has 0 radical (unpaired) electrons. The van der Waals surface area contributed by atoms with Crippen LogP contribution in [0.25, 0.3) is 0 Å². The van der Waals surface area contributed by atoms with E-state index in [1.807, 2.05) is 0 Å². The second kappa shape index (κ2) is 40.8. The molecule has 2 unspecified atom stereocenters. The van der Waals surface area contributed by atoms with Gasteiger partial charge in [-0.3, -0.25) is 9.59 Å². The molecule has 0 saturated carbocycles. The van der Waals surface area contributed by atoms with Crippen molar-refractivity contribution in [3.63, 3.8) is 0 Å². The van der Waals surface area contributed by atoms with Crippen molar-refractivity contribution in [2.45, 2.75) is 244 Å². The van der Waals surface area contributed by atoms with E-state index >= 15 is 0 Å². The highest BCUT2D eigenvalue weighted by Crippen LogP contribution is 2.16. The number of aliphatic carboxylic acids is 1. The first-order valence-electron chi connectivity index (χ1n) is 24.2. The molecule has 0 aromatic rings. The average Bonchev–Trinajstić information content (AvgIpc) is 3.17. The molecule has 2 atom stereocenters. The number of ether oxygens (including phenoxy) is 3. The summed E-state index contributed by atoms with van der Waals surface area (Å²) in [5.41, 5.74) is 0. The summed E-state index contributed by atoms with van der Waals surface area (Å²) in [6, 6.07) is -0.721. The second-order valence-corrected chi connectivity index (χ2v) is 17.7. The van der Waals surface area contributed by atoms with Gasteiger partial charge in [0.05, 0.1) is 40.3 Å². The molecule has 0 aliphatic carbocycles. The number of esters is 2. The Bertz CT molecular complexity index is 947. The zero-order valence-electron chi connectivity index (χ0n) is 38.3. The average molecular weight is 808 g/mol. The molecule has 0 spiro atoms. The van der Waals surface area contributed by atoms with E-state index in [4.69, 9.17) is 14.2 Å². The van der Waals surface area contributed by atoms with E-state index in [1.54, 1.807) is 21.1 Å². The zero-order valence-corrected chi connectivity index (χ0v) is 38.3. The van der Waals surface area contributed by atoms with Crippen LogP contribution in [0.15, 0.2) is 12.2 Å². The number of carboxylic acids is 1. The minimum Gasteiger partial charge on any atom is -0.544 e. The second-order valence-electron chi connectivity index (χ2n) is 17.7. The van der Waals surface area contributed by atoms with Crippen molar-refractivity contribution in [3.8, 4) is 0 Å². The smallest absolute Gasteiger partial charge is 0.306 e. The third kappa shape index (κ3) is 39.3. The van der Waals surface area contributed by atoms with Gasteiger partial charge in [-0.1, -0.05) is 187 Å². The van der Waals surface area contributed by atoms with Gasteiger partial charge in [-0.2, -0.15) is 0 Å². The SMILES string of the molecule is CCCCCCCCCC/C=C\CCCCCCCCCCCC(=O)OC(COCCC(C(=O)[O-])[N+](C)(C)C)COC(=O)CCCCCCCCCCCCCC. The number of carboxylic acid groups (broad SMARTS) is 1. The summed E-state index contributed by atoms with van der Waals surface area (Å²) < 4.78 is 17.2. The minimum absolute atomic E-state index is 0.0458. The fourth-order valence-electron chi connectivity index (χ4n) is 7.36. The van der Waals surface area contributed by atoms with E-state index in [9.17, 15) is 19.5 Å². The Morgan fingerprint density at radius 3 is 1.26 bits per heavy atom. The van der Waals surface area contributed by atoms with E-state index in [-0.39, 0.29) is 42.7 Å². The molecule has 0 bridgehead atoms. The van der Waals surface area contributed by atoms with Gasteiger partial charge in [-0.25, -0.2) is 0 Å². The minimum atomic E-state index is -1.12. The number of hydrogen-bond donors (Lipinski definition) is 0. The number of carbonyl (C=O) groups is 3. The van der Waals surface area contributed by atoms with Gasteiger partial charge in [0, 0.05) is 19.3 Å². The van der Waals surface area contributed by atoms with Gasteiger partial charge in [0.1, 0.15) is 12.6 Å². The third-order valence-electron chi connectivity index (χ3n) is 11.2. The lowest BCUT2D eigenvalue weighted by molar-refractivity contribution is -0.889. The third-order valence-corrected chi connectivity index (χ3v) is 11.2. The molecule has 336 valence electrons. The Morgan fingerprint density at radius 1 is 0.509 bits per heavy atom. The molecule has 0 aliphatic rings. The molecule has 0 saturated heterocycles. The standard InChI is InChI=1S/C49H93NO7/c1-6-8-10-12-14-16-18-20-21-22-23-24-25-26-27-28-30-32-34-36-38-40-48(52)57-45(43-55-42-41-46(49(53)54)50(3,4)5)44-56-47(51)39-37-35-33-31-29-19-17-15-13-11-9-7-2/h22-23,45-46H,6-21,24-44H2,1-5H3/b23-22-. The number of unbranched alkanes of at least 4 members (excludes halogenated alkanes) is 28. The van der Waals surface area contributed by atoms with Gasteiger partial charge in [0.25, 0.3) is 0 Å². The number of nitrogens with zero attached hydrogens (tertiary/aromatic N) is 1. The Kier molecular flexibility index (Phi) is 39.4. The van der Waals surface area contributed by atoms with Gasteiger partial charge >= 0.3 is 11.9 Å². The Hall–Kier alpha value is -1.93. The van der Waals surface area contributed by atoms with Crippen LogP contribution in [0.3, 0.4) is 0 Å². The number of quaternary nitrogens is 1. The van der Waals surface area contributed by atoms with Crippen molar-refractivity contribution in [1.82, 2.24) is 0 Å². The molecule has 0 fully saturated rings. The van der Waals surface area contributed by atoms with Gasteiger partial charge < -0.3 is 28.6 Å². The molecule has 8 nitrogen and oxygen atoms in total. The van der Waals surface area contributed by atoms with Gasteiger partial charge in [0.2, 0.25) is 0 Å². The highest BCUT2D eigenvalue weighted by Gasteiger charge is 2.25. The maximum atomic E-state index is 12.7. The summed E-state index contributed by atoms with van der Waals surface area (Å²) in [5.74, 6) is -1.72. The van der Waals surface area contributed by atoms with Crippen molar-refractivity contribution in [1.29, 1.82) is 0 Å². The van der Waals surface area contributed by atoms with Crippen LogP contribution in [0.4, 0.5) is 0 Å². The normalized spacial score (nSPS) is 12.9. The first kappa shape index (κ1) is 55.1. The fourth-order valence-corrected chi connectivity index (χ4v) is 7.36. The first-order chi connectivity index (χ1) is 27.6. The van der Waals surface area contributed by atoms with E-state index in [0.717, 1.165) is 38.5 Å². The number of allylic oxidation sites excluding steroid dienone is 2. The topological polar surface area (TPSA) is 102 Å². The van der Waals surface area contributed by atoms with Crippen LogP contribution in [-0.4, -0.2) is 75.5 Å². The largest absolute Gasteiger partial charge is 0.544 e. The van der Waals surface area contributed by atoms with Crippen molar-refractivity contribution in [3.05, 3.63) is 12.2 Å². The van der Waals surface area contributed by atoms with Crippen molar-refractivity contribution in [2.75, 3.05) is 41.0 Å². The number of carbonyl (C=O) groups excluding carboxylic acids is 3. The van der Waals surface area contributed by atoms with Crippen LogP contribution in [0.1, 0.15) is 232 Å². The van der Waals surface area contributed by atoms with E-state index in [1.165, 1.54) is 161 Å².